The van der Waals surface area contributed by atoms with Gasteiger partial charge in [0.25, 0.3) is 5.91 Å². The third kappa shape index (κ3) is 4.16. The van der Waals surface area contributed by atoms with Crippen LogP contribution in [0.15, 0.2) is 42.7 Å². The van der Waals surface area contributed by atoms with E-state index in [-0.39, 0.29) is 5.92 Å². The highest BCUT2D eigenvalue weighted by atomic mass is 16.4. The van der Waals surface area contributed by atoms with Crippen LogP contribution in [0, 0.1) is 12.8 Å². The van der Waals surface area contributed by atoms with Crippen LogP contribution in [-0.2, 0) is 4.79 Å². The first kappa shape index (κ1) is 16.7. The molecule has 0 radical (unpaired) electrons. The monoisotopic (exact) mass is 312 g/mol. The second-order valence-electron chi connectivity index (χ2n) is 5.87. The Kier molecular flexibility index (Phi) is 5.11. The number of aromatic nitrogens is 1. The topological polar surface area (TPSA) is 79.3 Å². The van der Waals surface area contributed by atoms with Crippen molar-refractivity contribution >= 4 is 11.9 Å². The fraction of sp³-hybridized carbons (Fsp3) is 0.278. The number of aliphatic carboxylic acids is 1. The summed E-state index contributed by atoms with van der Waals surface area (Å²) in [5, 5.41) is 11.7. The molecule has 2 N–H and O–H groups in total. The first-order valence-corrected chi connectivity index (χ1v) is 7.44. The molecule has 1 amide bonds. The Morgan fingerprint density at radius 1 is 1.13 bits per heavy atom. The van der Waals surface area contributed by atoms with Crippen molar-refractivity contribution in [2.75, 3.05) is 0 Å². The molecule has 0 aliphatic carbocycles. The first-order valence-electron chi connectivity index (χ1n) is 7.44. The van der Waals surface area contributed by atoms with Gasteiger partial charge < -0.3 is 10.4 Å². The van der Waals surface area contributed by atoms with Crippen LogP contribution in [0.3, 0.4) is 0 Å². The molecule has 5 heteroatoms. The van der Waals surface area contributed by atoms with Crippen LogP contribution in [0.1, 0.15) is 29.8 Å². The van der Waals surface area contributed by atoms with Gasteiger partial charge in [0, 0.05) is 18.0 Å². The standard InChI is InChI=1S/C18H20N2O3/c1-11(2)16(18(22)23)20-17(21)15-8-14(9-19-10-15)13-6-4-5-12(3)7-13/h4-11,16H,1-3H3,(H,20,21)(H,22,23). The zero-order valence-corrected chi connectivity index (χ0v) is 13.4. The predicted molar refractivity (Wildman–Crippen MR) is 88.1 cm³/mol. The van der Waals surface area contributed by atoms with E-state index in [1.54, 1.807) is 26.1 Å². The molecular formula is C18H20N2O3. The molecule has 1 heterocycles. The molecule has 1 aromatic carbocycles. The molecule has 0 bridgehead atoms. The number of hydrogen-bond acceptors (Lipinski definition) is 3. The Bertz CT molecular complexity index is 726. The van der Waals surface area contributed by atoms with Crippen molar-refractivity contribution in [3.8, 4) is 11.1 Å². The lowest BCUT2D eigenvalue weighted by molar-refractivity contribution is -0.140. The van der Waals surface area contributed by atoms with Crippen molar-refractivity contribution < 1.29 is 14.7 Å². The number of carbonyl (C=O) groups is 2. The predicted octanol–water partition coefficient (Wildman–Crippen LogP) is 2.90. The van der Waals surface area contributed by atoms with Crippen LogP contribution < -0.4 is 5.32 Å². The van der Waals surface area contributed by atoms with Gasteiger partial charge in [0.1, 0.15) is 6.04 Å². The van der Waals surface area contributed by atoms with Gasteiger partial charge in [-0.2, -0.15) is 0 Å². The summed E-state index contributed by atoms with van der Waals surface area (Å²) in [6.07, 6.45) is 3.12. The number of amides is 1. The number of carboxylic acids is 1. The highest BCUT2D eigenvalue weighted by Gasteiger charge is 2.24. The Morgan fingerprint density at radius 3 is 2.48 bits per heavy atom. The molecule has 5 nitrogen and oxygen atoms in total. The zero-order chi connectivity index (χ0) is 17.0. The van der Waals surface area contributed by atoms with Crippen molar-refractivity contribution in [3.05, 3.63) is 53.9 Å². The summed E-state index contributed by atoms with van der Waals surface area (Å²) >= 11 is 0. The summed E-state index contributed by atoms with van der Waals surface area (Å²) < 4.78 is 0. The fourth-order valence-electron chi connectivity index (χ4n) is 2.28. The van der Waals surface area contributed by atoms with E-state index in [2.05, 4.69) is 10.3 Å². The number of rotatable bonds is 5. The van der Waals surface area contributed by atoms with Crippen LogP contribution in [0.4, 0.5) is 0 Å². The minimum Gasteiger partial charge on any atom is -0.480 e. The van der Waals surface area contributed by atoms with Gasteiger partial charge in [-0.3, -0.25) is 9.78 Å². The smallest absolute Gasteiger partial charge is 0.326 e. The van der Waals surface area contributed by atoms with Crippen LogP contribution >= 0.6 is 0 Å². The second kappa shape index (κ2) is 7.05. The average Bonchev–Trinajstić information content (AvgIpc) is 2.52. The van der Waals surface area contributed by atoms with E-state index in [1.807, 2.05) is 31.2 Å². The van der Waals surface area contributed by atoms with Gasteiger partial charge in [-0.25, -0.2) is 4.79 Å². The molecule has 0 saturated carbocycles. The van der Waals surface area contributed by atoms with Crippen molar-refractivity contribution in [1.82, 2.24) is 10.3 Å². The SMILES string of the molecule is Cc1cccc(-c2cncc(C(=O)NC(C(=O)O)C(C)C)c2)c1. The minimum atomic E-state index is -1.05. The number of pyridine rings is 1. The molecule has 0 fully saturated rings. The summed E-state index contributed by atoms with van der Waals surface area (Å²) in [6.45, 7) is 5.49. The van der Waals surface area contributed by atoms with Gasteiger partial charge in [0.15, 0.2) is 0 Å². The van der Waals surface area contributed by atoms with Gasteiger partial charge in [-0.15, -0.1) is 0 Å². The van der Waals surface area contributed by atoms with E-state index >= 15 is 0 Å². The van der Waals surface area contributed by atoms with Gasteiger partial charge in [0.05, 0.1) is 5.56 Å². The summed E-state index contributed by atoms with van der Waals surface area (Å²) in [7, 11) is 0. The van der Waals surface area contributed by atoms with Crippen LogP contribution in [0.5, 0.6) is 0 Å². The second-order valence-corrected chi connectivity index (χ2v) is 5.87. The summed E-state index contributed by atoms with van der Waals surface area (Å²) in [5.74, 6) is -1.69. The molecule has 2 aromatic rings. The van der Waals surface area contributed by atoms with E-state index < -0.39 is 17.9 Å². The number of benzene rings is 1. The maximum Gasteiger partial charge on any atom is 0.326 e. The molecule has 120 valence electrons. The fourth-order valence-corrected chi connectivity index (χ4v) is 2.28. The average molecular weight is 312 g/mol. The largest absolute Gasteiger partial charge is 0.480 e. The Morgan fingerprint density at radius 2 is 1.87 bits per heavy atom. The number of nitrogens with one attached hydrogen (secondary N) is 1. The molecule has 2 rings (SSSR count). The highest BCUT2D eigenvalue weighted by molar-refractivity contribution is 5.97. The quantitative estimate of drug-likeness (QED) is 0.889. The van der Waals surface area contributed by atoms with Gasteiger partial charge in [-0.05, 0) is 24.5 Å². The number of aryl methyl sites for hydroxylation is 1. The molecule has 1 unspecified atom stereocenters. The van der Waals surface area contributed by atoms with Crippen LogP contribution in [0.25, 0.3) is 11.1 Å². The van der Waals surface area contributed by atoms with E-state index in [4.69, 9.17) is 0 Å². The summed E-state index contributed by atoms with van der Waals surface area (Å²) in [6, 6.07) is 8.68. The molecule has 0 aliphatic rings. The lowest BCUT2D eigenvalue weighted by Gasteiger charge is -2.18. The molecule has 0 saturated heterocycles. The Balaban J connectivity index is 2.25. The third-order valence-corrected chi connectivity index (χ3v) is 3.57. The maximum absolute atomic E-state index is 12.3. The number of carbonyl (C=O) groups excluding carboxylic acids is 1. The lowest BCUT2D eigenvalue weighted by Crippen LogP contribution is -2.44. The molecule has 0 aliphatic heterocycles. The summed E-state index contributed by atoms with van der Waals surface area (Å²) in [4.78, 5) is 27.6. The molecule has 23 heavy (non-hydrogen) atoms. The normalized spacial score (nSPS) is 12.0. The van der Waals surface area contributed by atoms with E-state index in [1.165, 1.54) is 6.20 Å². The molecular weight excluding hydrogens is 292 g/mol. The van der Waals surface area contributed by atoms with Crippen molar-refractivity contribution in [2.24, 2.45) is 5.92 Å². The maximum atomic E-state index is 12.3. The zero-order valence-electron chi connectivity index (χ0n) is 13.4. The third-order valence-electron chi connectivity index (χ3n) is 3.57. The van der Waals surface area contributed by atoms with Crippen molar-refractivity contribution in [3.63, 3.8) is 0 Å². The van der Waals surface area contributed by atoms with Gasteiger partial charge >= 0.3 is 5.97 Å². The number of nitrogens with zero attached hydrogens (tertiary/aromatic N) is 1. The van der Waals surface area contributed by atoms with E-state index in [0.717, 1.165) is 16.7 Å². The number of carboxylic acid groups (broad SMARTS) is 1. The lowest BCUT2D eigenvalue weighted by atomic mass is 10.0. The van der Waals surface area contributed by atoms with Crippen LogP contribution in [0.2, 0.25) is 0 Å². The first-order chi connectivity index (χ1) is 10.9. The van der Waals surface area contributed by atoms with Crippen LogP contribution in [-0.4, -0.2) is 28.0 Å². The summed E-state index contributed by atoms with van der Waals surface area (Å²) in [5.41, 5.74) is 3.24. The Labute approximate surface area is 135 Å². The minimum absolute atomic E-state index is 0.204. The highest BCUT2D eigenvalue weighted by Crippen LogP contribution is 2.20. The van der Waals surface area contributed by atoms with E-state index in [9.17, 15) is 14.7 Å². The molecule has 1 aromatic heterocycles. The van der Waals surface area contributed by atoms with E-state index in [0.29, 0.717) is 5.56 Å². The van der Waals surface area contributed by atoms with Crippen molar-refractivity contribution in [2.45, 2.75) is 26.8 Å². The Hall–Kier alpha value is -2.69. The van der Waals surface area contributed by atoms with Gasteiger partial charge in [0.2, 0.25) is 0 Å². The van der Waals surface area contributed by atoms with Gasteiger partial charge in [-0.1, -0.05) is 43.7 Å². The molecule has 1 atom stereocenters. The number of hydrogen-bond donors (Lipinski definition) is 2. The molecule has 0 spiro atoms. The van der Waals surface area contributed by atoms with Crippen molar-refractivity contribution in [1.29, 1.82) is 0 Å².